The van der Waals surface area contributed by atoms with E-state index < -0.39 is 0 Å². The maximum Gasteiger partial charge on any atom is 0.222 e. The third-order valence-electron chi connectivity index (χ3n) is 3.33. The van der Waals surface area contributed by atoms with Crippen LogP contribution in [0.25, 0.3) is 0 Å². The van der Waals surface area contributed by atoms with Crippen LogP contribution in [0.4, 0.5) is 0 Å². The minimum atomic E-state index is 0.326. The molecule has 1 atom stereocenters. The van der Waals surface area contributed by atoms with Crippen molar-refractivity contribution in [2.75, 3.05) is 18.8 Å². The summed E-state index contributed by atoms with van der Waals surface area (Å²) >= 11 is 1.98. The molecule has 1 aliphatic heterocycles. The fraction of sp³-hybridized carbons (Fsp3) is 0.533. The maximum atomic E-state index is 11.9. The van der Waals surface area contributed by atoms with E-state index in [-0.39, 0.29) is 0 Å². The lowest BCUT2D eigenvalue weighted by molar-refractivity contribution is -0.131. The molecule has 1 saturated heterocycles. The molecule has 1 amide bonds. The van der Waals surface area contributed by atoms with Crippen molar-refractivity contribution in [1.29, 1.82) is 0 Å². The van der Waals surface area contributed by atoms with Crippen LogP contribution in [0.3, 0.4) is 0 Å². The van der Waals surface area contributed by atoms with Gasteiger partial charge in [0.1, 0.15) is 0 Å². The van der Waals surface area contributed by atoms with Crippen LogP contribution in [0, 0.1) is 0 Å². The smallest absolute Gasteiger partial charge is 0.222 e. The zero-order valence-electron chi connectivity index (χ0n) is 11.0. The molecule has 1 fully saturated rings. The summed E-state index contributed by atoms with van der Waals surface area (Å²) in [6, 6.07) is 10.6. The lowest BCUT2D eigenvalue weighted by atomic mass is 10.1. The Bertz CT molecular complexity index is 379. The standard InChI is InChI=1S/C15H21NOS/c1-2-6-15(17)16-10-9-14(18-12-11-16)13-7-4-3-5-8-13/h3-5,7-8,14H,2,6,9-12H2,1H3. The molecule has 2 rings (SSSR count). The molecule has 1 aromatic rings. The van der Waals surface area contributed by atoms with E-state index in [1.54, 1.807) is 0 Å². The number of hydrogen-bond acceptors (Lipinski definition) is 2. The number of hydrogen-bond donors (Lipinski definition) is 0. The molecule has 1 heterocycles. The number of carbonyl (C=O) groups is 1. The van der Waals surface area contributed by atoms with Crippen LogP contribution in [-0.2, 0) is 4.79 Å². The quantitative estimate of drug-likeness (QED) is 0.832. The van der Waals surface area contributed by atoms with Crippen molar-refractivity contribution in [2.45, 2.75) is 31.4 Å². The summed E-state index contributed by atoms with van der Waals surface area (Å²) in [7, 11) is 0. The first-order chi connectivity index (χ1) is 8.81. The van der Waals surface area contributed by atoms with Crippen molar-refractivity contribution in [1.82, 2.24) is 4.90 Å². The van der Waals surface area contributed by atoms with E-state index in [0.29, 0.717) is 17.6 Å². The van der Waals surface area contributed by atoms with Crippen LogP contribution in [0.1, 0.15) is 37.0 Å². The second-order valence-corrected chi connectivity index (χ2v) is 6.00. The monoisotopic (exact) mass is 263 g/mol. The molecule has 1 aliphatic rings. The first-order valence-corrected chi connectivity index (χ1v) is 7.80. The predicted molar refractivity (Wildman–Crippen MR) is 77.7 cm³/mol. The summed E-state index contributed by atoms with van der Waals surface area (Å²) < 4.78 is 0. The van der Waals surface area contributed by atoms with Gasteiger partial charge in [0.15, 0.2) is 0 Å². The van der Waals surface area contributed by atoms with Crippen molar-refractivity contribution in [3.05, 3.63) is 35.9 Å². The van der Waals surface area contributed by atoms with Crippen LogP contribution in [0.5, 0.6) is 0 Å². The SMILES string of the molecule is CCCC(=O)N1CCSC(c2ccccc2)CC1. The van der Waals surface area contributed by atoms with Crippen LogP contribution >= 0.6 is 11.8 Å². The fourth-order valence-corrected chi connectivity index (χ4v) is 3.56. The van der Waals surface area contributed by atoms with Gasteiger partial charge in [0.2, 0.25) is 5.91 Å². The van der Waals surface area contributed by atoms with E-state index in [1.165, 1.54) is 5.56 Å². The molecule has 0 aliphatic carbocycles. The average Bonchev–Trinajstić information content (AvgIpc) is 2.66. The Morgan fingerprint density at radius 2 is 2.11 bits per heavy atom. The van der Waals surface area contributed by atoms with Gasteiger partial charge in [0, 0.05) is 30.5 Å². The minimum absolute atomic E-state index is 0.326. The second-order valence-electron chi connectivity index (χ2n) is 4.69. The number of nitrogens with zero attached hydrogens (tertiary/aromatic N) is 1. The predicted octanol–water partition coefficient (Wildman–Crippen LogP) is 3.49. The molecule has 0 radical (unpaired) electrons. The van der Waals surface area contributed by atoms with Crippen LogP contribution in [-0.4, -0.2) is 29.6 Å². The van der Waals surface area contributed by atoms with Gasteiger partial charge in [0.25, 0.3) is 0 Å². The lowest BCUT2D eigenvalue weighted by Crippen LogP contribution is -2.32. The topological polar surface area (TPSA) is 20.3 Å². The number of thioether (sulfide) groups is 1. The molecule has 3 heteroatoms. The summed E-state index contributed by atoms with van der Waals surface area (Å²) in [6.07, 6.45) is 2.72. The van der Waals surface area contributed by atoms with Gasteiger partial charge in [-0.3, -0.25) is 4.79 Å². The summed E-state index contributed by atoms with van der Waals surface area (Å²) in [5, 5.41) is 0.547. The van der Waals surface area contributed by atoms with Crippen molar-refractivity contribution >= 4 is 17.7 Å². The first-order valence-electron chi connectivity index (χ1n) is 6.75. The lowest BCUT2D eigenvalue weighted by Gasteiger charge is -2.20. The Kier molecular flexibility index (Phi) is 5.12. The van der Waals surface area contributed by atoms with Crippen LogP contribution in [0.15, 0.2) is 30.3 Å². The Balaban J connectivity index is 1.94. The van der Waals surface area contributed by atoms with Gasteiger partial charge in [-0.05, 0) is 18.4 Å². The van der Waals surface area contributed by atoms with Gasteiger partial charge in [-0.2, -0.15) is 11.8 Å². The third-order valence-corrected chi connectivity index (χ3v) is 4.66. The number of benzene rings is 1. The van der Waals surface area contributed by atoms with Gasteiger partial charge >= 0.3 is 0 Å². The van der Waals surface area contributed by atoms with Crippen LogP contribution < -0.4 is 0 Å². The molecule has 98 valence electrons. The first kappa shape index (κ1) is 13.5. The van der Waals surface area contributed by atoms with Gasteiger partial charge in [-0.1, -0.05) is 37.3 Å². The molecule has 1 unspecified atom stereocenters. The maximum absolute atomic E-state index is 11.9. The highest BCUT2D eigenvalue weighted by Gasteiger charge is 2.21. The van der Waals surface area contributed by atoms with Crippen LogP contribution in [0.2, 0.25) is 0 Å². The van der Waals surface area contributed by atoms with Crippen molar-refractivity contribution < 1.29 is 4.79 Å². The highest BCUT2D eigenvalue weighted by atomic mass is 32.2. The van der Waals surface area contributed by atoms with E-state index in [2.05, 4.69) is 37.3 Å². The van der Waals surface area contributed by atoms with Crippen molar-refractivity contribution in [3.63, 3.8) is 0 Å². The highest BCUT2D eigenvalue weighted by molar-refractivity contribution is 7.99. The summed E-state index contributed by atoms with van der Waals surface area (Å²) in [5.41, 5.74) is 1.40. The van der Waals surface area contributed by atoms with E-state index in [9.17, 15) is 4.79 Å². The Morgan fingerprint density at radius 1 is 1.33 bits per heavy atom. The molecular weight excluding hydrogens is 242 g/mol. The summed E-state index contributed by atoms with van der Waals surface area (Å²) in [5.74, 6) is 1.38. The Morgan fingerprint density at radius 3 is 2.83 bits per heavy atom. The normalized spacial score (nSPS) is 20.5. The Labute approximate surface area is 114 Å². The minimum Gasteiger partial charge on any atom is -0.342 e. The number of carbonyl (C=O) groups excluding carboxylic acids is 1. The summed E-state index contributed by atoms with van der Waals surface area (Å²) in [4.78, 5) is 14.0. The van der Waals surface area contributed by atoms with E-state index in [4.69, 9.17) is 0 Å². The number of amides is 1. The molecule has 0 saturated carbocycles. The number of rotatable bonds is 3. The Hall–Kier alpha value is -0.960. The molecule has 0 bridgehead atoms. The van der Waals surface area contributed by atoms with Gasteiger partial charge < -0.3 is 4.90 Å². The van der Waals surface area contributed by atoms with Crippen molar-refractivity contribution in [3.8, 4) is 0 Å². The summed E-state index contributed by atoms with van der Waals surface area (Å²) in [6.45, 7) is 3.88. The van der Waals surface area contributed by atoms with Crippen molar-refractivity contribution in [2.24, 2.45) is 0 Å². The molecule has 1 aromatic carbocycles. The zero-order chi connectivity index (χ0) is 12.8. The molecule has 0 aromatic heterocycles. The van der Waals surface area contributed by atoms with E-state index >= 15 is 0 Å². The zero-order valence-corrected chi connectivity index (χ0v) is 11.8. The van der Waals surface area contributed by atoms with E-state index in [1.807, 2.05) is 16.7 Å². The molecule has 0 N–H and O–H groups in total. The van der Waals surface area contributed by atoms with Gasteiger partial charge in [-0.15, -0.1) is 0 Å². The van der Waals surface area contributed by atoms with E-state index in [0.717, 1.165) is 31.7 Å². The second kappa shape index (κ2) is 6.83. The largest absolute Gasteiger partial charge is 0.342 e. The average molecular weight is 263 g/mol. The molecule has 18 heavy (non-hydrogen) atoms. The molecule has 2 nitrogen and oxygen atoms in total. The van der Waals surface area contributed by atoms with Gasteiger partial charge in [-0.25, -0.2) is 0 Å². The fourth-order valence-electron chi connectivity index (χ4n) is 2.33. The third kappa shape index (κ3) is 3.52. The molecule has 0 spiro atoms. The highest BCUT2D eigenvalue weighted by Crippen LogP contribution is 2.34. The molecular formula is C15H21NOS. The van der Waals surface area contributed by atoms with Gasteiger partial charge in [0.05, 0.1) is 0 Å².